The number of hydrogen-bond acceptors (Lipinski definition) is 7. The molecule has 0 amide bonds. The van der Waals surface area contributed by atoms with Crippen LogP contribution in [-0.4, -0.2) is 35.5 Å². The van der Waals surface area contributed by atoms with Crippen LogP contribution in [0.4, 0.5) is 0 Å². The Bertz CT molecular complexity index is 1350. The molecule has 4 heterocycles. The average Bonchev–Trinajstić information content (AvgIpc) is 3.44. The summed E-state index contributed by atoms with van der Waals surface area (Å²) in [5, 5.41) is 4.72. The number of thiazole rings is 1. The Morgan fingerprint density at radius 1 is 1.08 bits per heavy atom. The highest BCUT2D eigenvalue weighted by Crippen LogP contribution is 2.45. The molecule has 3 aromatic heterocycles. The first-order valence-electron chi connectivity index (χ1n) is 12.8. The number of nitrogens with one attached hydrogen (secondary N) is 1. The van der Waals surface area contributed by atoms with Gasteiger partial charge in [0.1, 0.15) is 10.8 Å². The van der Waals surface area contributed by atoms with Gasteiger partial charge in [-0.2, -0.15) is 0 Å². The van der Waals surface area contributed by atoms with Gasteiger partial charge in [0.05, 0.1) is 10.2 Å². The molecule has 0 spiro atoms. The van der Waals surface area contributed by atoms with Gasteiger partial charge in [-0.25, -0.2) is 4.98 Å². The van der Waals surface area contributed by atoms with E-state index in [1.807, 2.05) is 35.9 Å². The van der Waals surface area contributed by atoms with Gasteiger partial charge in [-0.05, 0) is 74.1 Å². The number of unbranched alkanes of at least 4 members (excludes halogenated alkanes) is 2. The molecular formula is C29H33N3O2S2. The van der Waals surface area contributed by atoms with Gasteiger partial charge in [-0.3, -0.25) is 9.78 Å². The second-order valence-electron chi connectivity index (χ2n) is 9.69. The van der Waals surface area contributed by atoms with E-state index < -0.39 is 0 Å². The highest BCUT2D eigenvalue weighted by molar-refractivity contribution is 7.22. The van der Waals surface area contributed by atoms with E-state index in [0.717, 1.165) is 53.9 Å². The maximum atomic E-state index is 13.0. The van der Waals surface area contributed by atoms with E-state index in [1.165, 1.54) is 25.6 Å². The summed E-state index contributed by atoms with van der Waals surface area (Å²) in [6, 6.07) is 11.2. The SMILES string of the molecule is COCCCCCC(=O)Cc1sc2c(c1-c1nc3cc(-c4ccncc4)ccc3s1)C[C@@H](C)N[C@H]2C. The molecule has 0 fully saturated rings. The molecule has 5 rings (SSSR count). The predicted molar refractivity (Wildman–Crippen MR) is 150 cm³/mol. The number of methoxy groups -OCH3 is 1. The van der Waals surface area contributed by atoms with Crippen molar-refractivity contribution in [3.8, 4) is 21.7 Å². The van der Waals surface area contributed by atoms with Crippen molar-refractivity contribution in [2.75, 3.05) is 13.7 Å². The topological polar surface area (TPSA) is 64.1 Å². The first-order valence-corrected chi connectivity index (χ1v) is 14.4. The number of rotatable bonds is 10. The number of aromatic nitrogens is 2. The summed E-state index contributed by atoms with van der Waals surface area (Å²) in [6.45, 7) is 5.24. The van der Waals surface area contributed by atoms with Crippen molar-refractivity contribution in [3.63, 3.8) is 0 Å². The molecule has 5 nitrogen and oxygen atoms in total. The van der Waals surface area contributed by atoms with Crippen molar-refractivity contribution < 1.29 is 9.53 Å². The largest absolute Gasteiger partial charge is 0.385 e. The average molecular weight is 520 g/mol. The molecular weight excluding hydrogens is 486 g/mol. The van der Waals surface area contributed by atoms with Crippen LogP contribution in [0.1, 0.15) is 60.9 Å². The van der Waals surface area contributed by atoms with Crippen molar-refractivity contribution in [1.29, 1.82) is 0 Å². The van der Waals surface area contributed by atoms with Gasteiger partial charge in [0.2, 0.25) is 0 Å². The number of ether oxygens (including phenoxy) is 1. The Kier molecular flexibility index (Phi) is 7.91. The number of ketones is 1. The van der Waals surface area contributed by atoms with E-state index in [9.17, 15) is 4.79 Å². The lowest BCUT2D eigenvalue weighted by atomic mass is 9.94. The predicted octanol–water partition coefficient (Wildman–Crippen LogP) is 7.00. The number of hydrogen-bond donors (Lipinski definition) is 1. The first kappa shape index (κ1) is 25.2. The molecule has 1 aliphatic rings. The van der Waals surface area contributed by atoms with Crippen LogP contribution >= 0.6 is 22.7 Å². The molecule has 2 atom stereocenters. The standard InChI is InChI=1S/C29H33N3O2S2/c1-18-15-23-27(26(35-28(23)19(2)31-18)17-22(33)7-5-4-6-14-34-3)29-32-24-16-21(8-9-25(24)36-29)20-10-12-30-13-11-20/h8-13,16,18-19,31H,4-7,14-15,17H2,1-3H3/t18-,19+/m1/s1. The fraction of sp³-hybridized carbons (Fsp3) is 0.414. The van der Waals surface area contributed by atoms with Gasteiger partial charge in [0.15, 0.2) is 0 Å². The van der Waals surface area contributed by atoms with Crippen LogP contribution in [0.5, 0.6) is 0 Å². The number of fused-ring (bicyclic) bond motifs is 2. The number of carbonyl (C=O) groups excluding carboxylic acids is 1. The van der Waals surface area contributed by atoms with Crippen LogP contribution in [0.2, 0.25) is 0 Å². The number of carbonyl (C=O) groups is 1. The second-order valence-corrected chi connectivity index (χ2v) is 11.9. The minimum Gasteiger partial charge on any atom is -0.385 e. The van der Waals surface area contributed by atoms with Crippen LogP contribution in [0, 0.1) is 0 Å². The molecule has 1 N–H and O–H groups in total. The third-order valence-corrected chi connectivity index (χ3v) is 9.29. The zero-order valence-corrected chi connectivity index (χ0v) is 22.8. The summed E-state index contributed by atoms with van der Waals surface area (Å²) in [7, 11) is 1.73. The molecule has 0 radical (unpaired) electrons. The van der Waals surface area contributed by atoms with Gasteiger partial charge in [0, 0.05) is 66.4 Å². The minimum absolute atomic E-state index is 0.290. The Morgan fingerprint density at radius 2 is 1.92 bits per heavy atom. The molecule has 4 aromatic rings. The monoisotopic (exact) mass is 519 g/mol. The number of Topliss-reactive ketones (excluding diaryl/α,β-unsaturated/α-hetero) is 1. The maximum Gasteiger partial charge on any atom is 0.138 e. The van der Waals surface area contributed by atoms with Crippen LogP contribution in [0.25, 0.3) is 31.9 Å². The number of nitrogens with zero attached hydrogens (tertiary/aromatic N) is 2. The molecule has 188 valence electrons. The first-order chi connectivity index (χ1) is 17.5. The van der Waals surface area contributed by atoms with Crippen LogP contribution in [0.3, 0.4) is 0 Å². The Hall–Kier alpha value is -2.45. The van der Waals surface area contributed by atoms with Gasteiger partial charge < -0.3 is 10.1 Å². The lowest BCUT2D eigenvalue weighted by Gasteiger charge is -2.26. The molecule has 1 aliphatic heterocycles. The zero-order chi connectivity index (χ0) is 25.1. The number of thiophene rings is 1. The maximum absolute atomic E-state index is 13.0. The number of pyridine rings is 1. The fourth-order valence-corrected chi connectivity index (χ4v) is 7.59. The summed E-state index contributed by atoms with van der Waals surface area (Å²) in [5.74, 6) is 0.321. The highest BCUT2D eigenvalue weighted by Gasteiger charge is 2.30. The highest BCUT2D eigenvalue weighted by atomic mass is 32.1. The van der Waals surface area contributed by atoms with E-state index >= 15 is 0 Å². The summed E-state index contributed by atoms with van der Waals surface area (Å²) in [5.41, 5.74) is 5.89. The Morgan fingerprint density at radius 3 is 2.72 bits per heavy atom. The van der Waals surface area contributed by atoms with Crippen LogP contribution < -0.4 is 5.32 Å². The van der Waals surface area contributed by atoms with E-state index in [4.69, 9.17) is 9.72 Å². The summed E-state index contributed by atoms with van der Waals surface area (Å²) in [6.07, 6.45) is 8.70. The van der Waals surface area contributed by atoms with Crippen LogP contribution in [0.15, 0.2) is 42.7 Å². The van der Waals surface area contributed by atoms with Gasteiger partial charge >= 0.3 is 0 Å². The summed E-state index contributed by atoms with van der Waals surface area (Å²) < 4.78 is 6.31. The summed E-state index contributed by atoms with van der Waals surface area (Å²) >= 11 is 3.55. The molecule has 0 bridgehead atoms. The lowest BCUT2D eigenvalue weighted by molar-refractivity contribution is -0.118. The van der Waals surface area contributed by atoms with Crippen molar-refractivity contribution in [1.82, 2.24) is 15.3 Å². The molecule has 0 saturated carbocycles. The number of benzene rings is 1. The summed E-state index contributed by atoms with van der Waals surface area (Å²) in [4.78, 5) is 24.8. The molecule has 1 aromatic carbocycles. The second kappa shape index (κ2) is 11.3. The lowest BCUT2D eigenvalue weighted by Crippen LogP contribution is -2.35. The van der Waals surface area contributed by atoms with Crippen molar-refractivity contribution in [2.24, 2.45) is 0 Å². The smallest absolute Gasteiger partial charge is 0.138 e. The third-order valence-electron chi connectivity index (χ3n) is 6.83. The molecule has 36 heavy (non-hydrogen) atoms. The third kappa shape index (κ3) is 5.44. The molecule has 0 saturated heterocycles. The molecule has 0 unspecified atom stereocenters. The van der Waals surface area contributed by atoms with Gasteiger partial charge in [-0.1, -0.05) is 12.5 Å². The molecule has 0 aliphatic carbocycles. The van der Waals surface area contributed by atoms with E-state index in [1.54, 1.807) is 18.4 Å². The van der Waals surface area contributed by atoms with E-state index in [-0.39, 0.29) is 6.04 Å². The zero-order valence-electron chi connectivity index (χ0n) is 21.2. The van der Waals surface area contributed by atoms with E-state index in [2.05, 4.69) is 42.3 Å². The van der Waals surface area contributed by atoms with Crippen molar-refractivity contribution in [2.45, 2.75) is 64.5 Å². The quantitative estimate of drug-likeness (QED) is 0.229. The van der Waals surface area contributed by atoms with Crippen molar-refractivity contribution >= 4 is 38.7 Å². The van der Waals surface area contributed by atoms with E-state index in [0.29, 0.717) is 24.7 Å². The minimum atomic E-state index is 0.290. The fourth-order valence-electron chi connectivity index (χ4n) is 5.10. The van der Waals surface area contributed by atoms with Gasteiger partial charge in [-0.15, -0.1) is 22.7 Å². The normalized spacial score (nSPS) is 17.4. The Labute approximate surface area is 221 Å². The van der Waals surface area contributed by atoms with Crippen LogP contribution in [-0.2, 0) is 22.4 Å². The Balaban J connectivity index is 1.47. The van der Waals surface area contributed by atoms with Gasteiger partial charge in [0.25, 0.3) is 0 Å². The van der Waals surface area contributed by atoms with Crippen molar-refractivity contribution in [3.05, 3.63) is 58.0 Å². The molecule has 7 heteroatoms.